The maximum Gasteiger partial charge on any atom is 0.220 e. The first kappa shape index (κ1) is 30.6. The molecular weight excluding hydrogens is 392 g/mol. The Morgan fingerprint density at radius 2 is 1.06 bits per heavy atom. The van der Waals surface area contributed by atoms with Crippen molar-refractivity contribution in [1.82, 2.24) is 10.6 Å². The number of carbonyl (C=O) groups excluding carboxylic acids is 1. The van der Waals surface area contributed by atoms with Crippen molar-refractivity contribution in [2.45, 2.75) is 136 Å². The molecular formula is C29H52N2O. The predicted molar refractivity (Wildman–Crippen MR) is 141 cm³/mol. The monoisotopic (exact) mass is 444 g/mol. The number of unbranched alkanes of at least 4 members (excludes halogenated alkanes) is 16. The molecule has 0 aromatic heterocycles. The fourth-order valence-electron chi connectivity index (χ4n) is 3.68. The minimum atomic E-state index is 0.187. The van der Waals surface area contributed by atoms with Crippen LogP contribution in [-0.2, 0) is 4.79 Å². The summed E-state index contributed by atoms with van der Waals surface area (Å²) in [5.41, 5.74) is 0. The third kappa shape index (κ3) is 26.6. The summed E-state index contributed by atoms with van der Waals surface area (Å²) in [7, 11) is 0. The van der Waals surface area contributed by atoms with Crippen LogP contribution in [0, 0.1) is 23.7 Å². The van der Waals surface area contributed by atoms with Gasteiger partial charge in [-0.15, -0.1) is 0 Å². The number of nitrogens with one attached hydrogen (secondary N) is 2. The third-order valence-electron chi connectivity index (χ3n) is 5.72. The van der Waals surface area contributed by atoms with Crippen molar-refractivity contribution >= 4 is 5.91 Å². The molecule has 0 aromatic rings. The highest BCUT2D eigenvalue weighted by Crippen LogP contribution is 2.11. The van der Waals surface area contributed by atoms with E-state index in [1.165, 1.54) is 83.5 Å². The molecule has 0 rings (SSSR count). The molecule has 0 aliphatic rings. The van der Waals surface area contributed by atoms with E-state index in [4.69, 9.17) is 0 Å². The molecule has 0 atom stereocenters. The van der Waals surface area contributed by atoms with Crippen LogP contribution < -0.4 is 10.6 Å². The molecule has 3 heteroatoms. The van der Waals surface area contributed by atoms with Crippen molar-refractivity contribution in [3.8, 4) is 23.7 Å². The van der Waals surface area contributed by atoms with E-state index in [2.05, 4.69) is 48.2 Å². The highest BCUT2D eigenvalue weighted by molar-refractivity contribution is 5.75. The summed E-state index contributed by atoms with van der Waals surface area (Å²) in [4.78, 5) is 11.7. The van der Waals surface area contributed by atoms with Gasteiger partial charge in [0.1, 0.15) is 0 Å². The van der Waals surface area contributed by atoms with Crippen LogP contribution in [0.3, 0.4) is 0 Å². The zero-order chi connectivity index (χ0) is 23.4. The van der Waals surface area contributed by atoms with Gasteiger partial charge in [-0.3, -0.25) is 4.79 Å². The second-order valence-corrected chi connectivity index (χ2v) is 8.86. The van der Waals surface area contributed by atoms with Gasteiger partial charge in [0.15, 0.2) is 0 Å². The third-order valence-corrected chi connectivity index (χ3v) is 5.72. The van der Waals surface area contributed by atoms with Gasteiger partial charge in [0, 0.05) is 32.4 Å². The normalized spacial score (nSPS) is 10.2. The number of carbonyl (C=O) groups is 1. The van der Waals surface area contributed by atoms with Crippen LogP contribution in [0.4, 0.5) is 0 Å². The number of hydrogen-bond donors (Lipinski definition) is 2. The van der Waals surface area contributed by atoms with Crippen molar-refractivity contribution in [3.63, 3.8) is 0 Å². The van der Waals surface area contributed by atoms with Crippen LogP contribution in [0.5, 0.6) is 0 Å². The van der Waals surface area contributed by atoms with Crippen LogP contribution >= 0.6 is 0 Å². The van der Waals surface area contributed by atoms with Gasteiger partial charge in [0.05, 0.1) is 0 Å². The van der Waals surface area contributed by atoms with Crippen molar-refractivity contribution in [3.05, 3.63) is 0 Å². The van der Waals surface area contributed by atoms with Gasteiger partial charge in [-0.1, -0.05) is 109 Å². The van der Waals surface area contributed by atoms with Crippen LogP contribution in [0.1, 0.15) is 136 Å². The molecule has 0 heterocycles. The van der Waals surface area contributed by atoms with E-state index in [0.29, 0.717) is 6.42 Å². The van der Waals surface area contributed by atoms with Gasteiger partial charge in [0.25, 0.3) is 0 Å². The maximum atomic E-state index is 11.7. The first-order valence-corrected chi connectivity index (χ1v) is 13.7. The zero-order valence-corrected chi connectivity index (χ0v) is 21.5. The predicted octanol–water partition coefficient (Wildman–Crippen LogP) is 7.15. The number of likely N-dealkylation sites (N-methyl/N-ethyl adjacent to an activating group) is 1. The molecule has 0 unspecified atom stereocenters. The molecule has 0 aromatic carbocycles. The maximum absolute atomic E-state index is 11.7. The summed E-state index contributed by atoms with van der Waals surface area (Å²) in [6, 6.07) is 0. The summed E-state index contributed by atoms with van der Waals surface area (Å²) in [6.07, 6.45) is 23.4. The number of rotatable bonds is 22. The average Bonchev–Trinajstić information content (AvgIpc) is 2.80. The molecule has 0 aliphatic heterocycles. The Labute approximate surface area is 200 Å². The van der Waals surface area contributed by atoms with Crippen LogP contribution in [0.15, 0.2) is 0 Å². The van der Waals surface area contributed by atoms with E-state index in [0.717, 1.165) is 51.7 Å². The van der Waals surface area contributed by atoms with E-state index in [1.807, 2.05) is 0 Å². The van der Waals surface area contributed by atoms with Gasteiger partial charge >= 0.3 is 0 Å². The van der Waals surface area contributed by atoms with E-state index in [-0.39, 0.29) is 5.91 Å². The lowest BCUT2D eigenvalue weighted by Gasteiger charge is -2.05. The summed E-state index contributed by atoms with van der Waals surface area (Å²) in [6.45, 7) is 6.89. The quantitative estimate of drug-likeness (QED) is 0.137. The van der Waals surface area contributed by atoms with Gasteiger partial charge < -0.3 is 10.6 Å². The van der Waals surface area contributed by atoms with Gasteiger partial charge in [-0.25, -0.2) is 0 Å². The van der Waals surface area contributed by atoms with Crippen LogP contribution in [0.2, 0.25) is 0 Å². The molecule has 0 fully saturated rings. The summed E-state index contributed by atoms with van der Waals surface area (Å²) in [5.74, 6) is 12.6. The van der Waals surface area contributed by atoms with Crippen LogP contribution in [-0.4, -0.2) is 25.5 Å². The van der Waals surface area contributed by atoms with Crippen molar-refractivity contribution < 1.29 is 4.79 Å². The Bertz CT molecular complexity index is 521. The number of amides is 1. The Morgan fingerprint density at radius 3 is 1.56 bits per heavy atom. The molecule has 0 saturated carbocycles. The highest BCUT2D eigenvalue weighted by Gasteiger charge is 1.99. The first-order chi connectivity index (χ1) is 15.8. The summed E-state index contributed by atoms with van der Waals surface area (Å²) in [5, 5.41) is 6.16. The molecule has 0 saturated heterocycles. The molecule has 0 bridgehead atoms. The molecule has 1 amide bonds. The Balaban J connectivity index is 3.29. The SMILES string of the molecule is CCCCCCCCCCCCC#CC#CCCCCCCCCC(=O)NCCNCC. The lowest BCUT2D eigenvalue weighted by Crippen LogP contribution is -2.31. The molecule has 2 N–H and O–H groups in total. The smallest absolute Gasteiger partial charge is 0.220 e. The minimum absolute atomic E-state index is 0.187. The second kappa shape index (κ2) is 27.6. The molecule has 0 aliphatic carbocycles. The van der Waals surface area contributed by atoms with E-state index in [1.54, 1.807) is 0 Å². The number of hydrogen-bond acceptors (Lipinski definition) is 2. The Morgan fingerprint density at radius 1 is 0.594 bits per heavy atom. The highest BCUT2D eigenvalue weighted by atomic mass is 16.1. The first-order valence-electron chi connectivity index (χ1n) is 13.7. The molecule has 0 radical (unpaired) electrons. The van der Waals surface area contributed by atoms with Gasteiger partial charge in [-0.2, -0.15) is 0 Å². The van der Waals surface area contributed by atoms with Gasteiger partial charge in [-0.05, 0) is 37.6 Å². The summed E-state index contributed by atoms with van der Waals surface area (Å²) >= 11 is 0. The molecule has 184 valence electrons. The van der Waals surface area contributed by atoms with Crippen molar-refractivity contribution in [1.29, 1.82) is 0 Å². The van der Waals surface area contributed by atoms with Crippen molar-refractivity contribution in [2.75, 3.05) is 19.6 Å². The average molecular weight is 445 g/mol. The van der Waals surface area contributed by atoms with Gasteiger partial charge in [0.2, 0.25) is 5.91 Å². The fourth-order valence-corrected chi connectivity index (χ4v) is 3.68. The fraction of sp³-hybridized carbons (Fsp3) is 0.828. The van der Waals surface area contributed by atoms with Crippen LogP contribution in [0.25, 0.3) is 0 Å². The zero-order valence-electron chi connectivity index (χ0n) is 21.5. The second-order valence-electron chi connectivity index (χ2n) is 8.86. The standard InChI is InChI=1S/C29H52N2O/c1-3-5-6-7-8-9-10-11-12-13-14-15-16-17-18-19-20-21-22-23-24-25-26-29(32)31-28-27-30-4-2/h30H,3-14,19-28H2,1-2H3,(H,31,32). The topological polar surface area (TPSA) is 41.1 Å². The Kier molecular flexibility index (Phi) is 26.3. The minimum Gasteiger partial charge on any atom is -0.355 e. The van der Waals surface area contributed by atoms with E-state index in [9.17, 15) is 4.79 Å². The summed E-state index contributed by atoms with van der Waals surface area (Å²) < 4.78 is 0. The van der Waals surface area contributed by atoms with Crippen molar-refractivity contribution in [2.24, 2.45) is 0 Å². The lowest BCUT2D eigenvalue weighted by atomic mass is 10.1. The molecule has 0 spiro atoms. The molecule has 3 nitrogen and oxygen atoms in total. The Hall–Kier alpha value is -1.45. The van der Waals surface area contributed by atoms with E-state index < -0.39 is 0 Å². The lowest BCUT2D eigenvalue weighted by molar-refractivity contribution is -0.121. The van der Waals surface area contributed by atoms with E-state index >= 15 is 0 Å². The molecule has 32 heavy (non-hydrogen) atoms. The largest absolute Gasteiger partial charge is 0.355 e.